The lowest BCUT2D eigenvalue weighted by Gasteiger charge is -2.39. The quantitative estimate of drug-likeness (QED) is 0.432. The van der Waals surface area contributed by atoms with Crippen LogP contribution in [-0.2, 0) is 11.2 Å². The summed E-state index contributed by atoms with van der Waals surface area (Å²) in [5.41, 5.74) is 2.17. The number of nitrogens with zero attached hydrogens (tertiary/aromatic N) is 1. The van der Waals surface area contributed by atoms with Crippen LogP contribution in [0.2, 0.25) is 6.55 Å². The first-order valence-corrected chi connectivity index (χ1v) is 11.5. The molecule has 0 saturated heterocycles. The molecule has 2 N–H and O–H groups in total. The molecule has 0 aliphatic heterocycles. The number of hydrogen-bond donors (Lipinski definition) is 2. The number of phenols is 1. The highest BCUT2D eigenvalue weighted by Crippen LogP contribution is 2.21. The molecule has 3 aromatic rings. The Morgan fingerprint density at radius 2 is 1.77 bits per heavy atom. The van der Waals surface area contributed by atoms with Crippen LogP contribution >= 0.6 is 0 Å². The average Bonchev–Trinajstić information content (AvgIpc) is 2.76. The van der Waals surface area contributed by atoms with Gasteiger partial charge in [0.15, 0.2) is 0 Å². The van der Waals surface area contributed by atoms with E-state index in [2.05, 4.69) is 49.1 Å². The van der Waals surface area contributed by atoms with E-state index in [1.807, 2.05) is 42.5 Å². The van der Waals surface area contributed by atoms with Crippen LogP contribution in [0, 0.1) is 0 Å². The second-order valence-electron chi connectivity index (χ2n) is 7.64. The summed E-state index contributed by atoms with van der Waals surface area (Å²) >= 11 is 0. The van der Waals surface area contributed by atoms with Crippen LogP contribution in [0.15, 0.2) is 72.8 Å². The number of rotatable bonds is 8. The van der Waals surface area contributed by atoms with Gasteiger partial charge in [0.2, 0.25) is 5.91 Å². The molecule has 154 valence electrons. The third-order valence-corrected chi connectivity index (χ3v) is 7.28. The number of carbonyl (C=O) groups excluding carboxylic acids is 1. The summed E-state index contributed by atoms with van der Waals surface area (Å²) in [5.74, 6) is 0.165. The Morgan fingerprint density at radius 3 is 2.47 bits per heavy atom. The van der Waals surface area contributed by atoms with Crippen molar-refractivity contribution in [3.05, 3.63) is 83.9 Å². The van der Waals surface area contributed by atoms with Gasteiger partial charge in [0, 0.05) is 17.8 Å². The maximum Gasteiger partial charge on any atom is 0.244 e. The molecule has 0 spiro atoms. The fraction of sp³-hybridized carbons (Fsp3) is 0.240. The first-order valence-electron chi connectivity index (χ1n) is 10.0. The van der Waals surface area contributed by atoms with E-state index < -0.39 is 0 Å². The Morgan fingerprint density at radius 1 is 1.07 bits per heavy atom. The molecule has 3 rings (SSSR count). The molecule has 0 aliphatic carbocycles. The number of aromatic hydroxyl groups is 1. The molecule has 0 heterocycles. The lowest BCUT2D eigenvalue weighted by molar-refractivity contribution is -0.116. The summed E-state index contributed by atoms with van der Waals surface area (Å²) in [6.45, 7) is 2.72. The summed E-state index contributed by atoms with van der Waals surface area (Å²) in [6, 6.07) is 21.6. The number of benzene rings is 3. The van der Waals surface area contributed by atoms with Crippen molar-refractivity contribution in [1.82, 2.24) is 10.2 Å². The van der Waals surface area contributed by atoms with Gasteiger partial charge >= 0.3 is 0 Å². The predicted molar refractivity (Wildman–Crippen MR) is 126 cm³/mol. The monoisotopic (exact) mass is 416 g/mol. The molecule has 1 amide bonds. The molecule has 5 heteroatoms. The average molecular weight is 417 g/mol. The molecular weight excluding hydrogens is 388 g/mol. The lowest BCUT2D eigenvalue weighted by atomic mass is 10.0. The van der Waals surface area contributed by atoms with Crippen molar-refractivity contribution < 1.29 is 9.90 Å². The first-order chi connectivity index (χ1) is 14.4. The minimum absolute atomic E-state index is 0.0990. The number of hydrogen-bond acceptors (Lipinski definition) is 3. The molecule has 0 fully saturated rings. The van der Waals surface area contributed by atoms with Crippen molar-refractivity contribution in [1.29, 1.82) is 0 Å². The van der Waals surface area contributed by atoms with E-state index in [1.165, 1.54) is 0 Å². The van der Waals surface area contributed by atoms with Gasteiger partial charge in [0.05, 0.1) is 9.52 Å². The van der Waals surface area contributed by atoms with Crippen molar-refractivity contribution in [3.63, 3.8) is 0 Å². The highest BCUT2D eigenvalue weighted by molar-refractivity contribution is 6.38. The number of carbonyl (C=O) groups is 1. The van der Waals surface area contributed by atoms with Gasteiger partial charge in [-0.3, -0.25) is 4.79 Å². The van der Waals surface area contributed by atoms with E-state index in [-0.39, 0.29) is 16.8 Å². The van der Waals surface area contributed by atoms with Gasteiger partial charge in [0.25, 0.3) is 0 Å². The van der Waals surface area contributed by atoms with Crippen LogP contribution in [0.3, 0.4) is 0 Å². The molecule has 1 atom stereocenters. The largest absolute Gasteiger partial charge is 0.508 e. The lowest BCUT2D eigenvalue weighted by Crippen LogP contribution is -2.57. The van der Waals surface area contributed by atoms with Gasteiger partial charge in [-0.25, -0.2) is 0 Å². The minimum atomic E-state index is -0.181. The van der Waals surface area contributed by atoms with E-state index in [9.17, 15) is 9.90 Å². The standard InChI is InChI=1S/C25H28N2O2Si/c1-27(2)25(30-3,17-19-11-14-22(28)15-12-19)18-26-24(29)16-13-21-9-6-8-20-7-4-5-10-23(20)21/h4-16,28H,17-18H2,1-3H3,(H,26,29)/b16-13+/t25-/m0/s1. The number of phenolic OH excluding ortho intramolecular Hbond substituents is 1. The highest BCUT2D eigenvalue weighted by Gasteiger charge is 2.31. The number of likely N-dealkylation sites (N-methyl/N-ethyl adjacent to an activating group) is 1. The SMILES string of the molecule is C[Si][C@](CNC(=O)/C=C/c1cccc2ccccc12)(Cc1ccc(O)cc1)N(C)C. The molecule has 3 aromatic carbocycles. The van der Waals surface area contributed by atoms with Crippen molar-refractivity contribution in [2.45, 2.75) is 18.1 Å². The van der Waals surface area contributed by atoms with Crippen LogP contribution in [0.25, 0.3) is 16.8 Å². The van der Waals surface area contributed by atoms with Gasteiger partial charge in [0.1, 0.15) is 5.75 Å². The fourth-order valence-corrected chi connectivity index (χ4v) is 4.68. The van der Waals surface area contributed by atoms with Crippen molar-refractivity contribution >= 4 is 32.3 Å². The topological polar surface area (TPSA) is 52.6 Å². The van der Waals surface area contributed by atoms with Gasteiger partial charge < -0.3 is 15.3 Å². The third-order valence-electron chi connectivity index (χ3n) is 5.55. The molecule has 0 unspecified atom stereocenters. The molecular formula is C25H28N2O2Si. The maximum atomic E-state index is 12.6. The second kappa shape index (κ2) is 9.74. The molecule has 2 radical (unpaired) electrons. The van der Waals surface area contributed by atoms with Gasteiger partial charge in [-0.1, -0.05) is 61.1 Å². The molecule has 0 saturated carbocycles. The zero-order valence-electron chi connectivity index (χ0n) is 17.7. The Hall–Kier alpha value is -2.89. The molecule has 0 aliphatic rings. The first kappa shape index (κ1) is 21.8. The van der Waals surface area contributed by atoms with E-state index in [1.54, 1.807) is 18.2 Å². The normalized spacial score (nSPS) is 13.6. The fourth-order valence-electron chi connectivity index (χ4n) is 3.58. The van der Waals surface area contributed by atoms with Gasteiger partial charge in [-0.05, 0) is 60.6 Å². The zero-order chi connectivity index (χ0) is 21.6. The van der Waals surface area contributed by atoms with Crippen LogP contribution < -0.4 is 5.32 Å². The number of nitrogens with one attached hydrogen (secondary N) is 1. The molecule has 0 bridgehead atoms. The second-order valence-corrected chi connectivity index (χ2v) is 9.07. The molecule has 30 heavy (non-hydrogen) atoms. The van der Waals surface area contributed by atoms with Crippen molar-refractivity contribution in [2.75, 3.05) is 20.6 Å². The Bertz CT molecular complexity index is 1030. The van der Waals surface area contributed by atoms with Crippen LogP contribution in [0.5, 0.6) is 5.75 Å². The number of fused-ring (bicyclic) bond motifs is 1. The van der Waals surface area contributed by atoms with E-state index in [0.717, 1.165) is 28.3 Å². The number of amides is 1. The highest BCUT2D eigenvalue weighted by atomic mass is 28.2. The summed E-state index contributed by atoms with van der Waals surface area (Å²) < 4.78 is 0. The Kier molecular flexibility index (Phi) is 7.08. The molecule has 4 nitrogen and oxygen atoms in total. The van der Waals surface area contributed by atoms with Crippen LogP contribution in [-0.4, -0.2) is 51.2 Å². The van der Waals surface area contributed by atoms with E-state index in [4.69, 9.17) is 0 Å². The summed E-state index contributed by atoms with van der Waals surface area (Å²) in [5, 5.41) is 14.8. The maximum absolute atomic E-state index is 12.6. The minimum Gasteiger partial charge on any atom is -0.508 e. The Balaban J connectivity index is 1.71. The van der Waals surface area contributed by atoms with Crippen LogP contribution in [0.4, 0.5) is 0 Å². The third kappa shape index (κ3) is 5.17. The van der Waals surface area contributed by atoms with Crippen LogP contribution in [0.1, 0.15) is 11.1 Å². The van der Waals surface area contributed by atoms with Gasteiger partial charge in [-0.15, -0.1) is 0 Å². The van der Waals surface area contributed by atoms with E-state index >= 15 is 0 Å². The summed E-state index contributed by atoms with van der Waals surface area (Å²) in [6.07, 6.45) is 4.28. The zero-order valence-corrected chi connectivity index (χ0v) is 18.7. The van der Waals surface area contributed by atoms with E-state index in [0.29, 0.717) is 16.1 Å². The van der Waals surface area contributed by atoms with Gasteiger partial charge in [-0.2, -0.15) is 0 Å². The van der Waals surface area contributed by atoms with Crippen molar-refractivity contribution in [2.24, 2.45) is 0 Å². The Labute approximate surface area is 181 Å². The summed E-state index contributed by atoms with van der Waals surface area (Å²) in [7, 11) is 4.71. The smallest absolute Gasteiger partial charge is 0.244 e. The summed E-state index contributed by atoms with van der Waals surface area (Å²) in [4.78, 5) is 14.8. The van der Waals surface area contributed by atoms with Crippen molar-refractivity contribution in [3.8, 4) is 5.75 Å². The molecule has 0 aromatic heterocycles. The predicted octanol–water partition coefficient (Wildman–Crippen LogP) is 3.93.